The lowest BCUT2D eigenvalue weighted by Crippen LogP contribution is -2.48. The lowest BCUT2D eigenvalue weighted by atomic mass is 9.62. The van der Waals surface area contributed by atoms with Crippen molar-refractivity contribution in [3.63, 3.8) is 0 Å². The lowest BCUT2D eigenvalue weighted by Gasteiger charge is -2.41. The molecule has 0 saturated heterocycles. The molecule has 1 aromatic rings. The molecule has 2 N–H and O–H groups in total. The predicted molar refractivity (Wildman–Crippen MR) is 76.1 cm³/mol. The van der Waals surface area contributed by atoms with Crippen molar-refractivity contribution < 1.29 is 14.7 Å². The van der Waals surface area contributed by atoms with E-state index in [1.807, 2.05) is 24.3 Å². The summed E-state index contributed by atoms with van der Waals surface area (Å²) in [6.45, 7) is 0.408. The monoisotopic (exact) mass is 286 g/mol. The molecule has 4 rings (SSSR count). The van der Waals surface area contributed by atoms with Gasteiger partial charge in [-0.2, -0.15) is 0 Å². The molecule has 0 unspecified atom stereocenters. The second-order valence-electron chi connectivity index (χ2n) is 5.75. The summed E-state index contributed by atoms with van der Waals surface area (Å²) in [7, 11) is 0. The molecule has 5 nitrogen and oxygen atoms in total. The largest absolute Gasteiger partial charge is 0.481 e. The van der Waals surface area contributed by atoms with Gasteiger partial charge in [-0.3, -0.25) is 14.6 Å². The summed E-state index contributed by atoms with van der Waals surface area (Å²) in [5, 5.41) is 12.3. The van der Waals surface area contributed by atoms with Crippen LogP contribution in [0.4, 0.5) is 0 Å². The molecule has 3 aliphatic rings. The van der Waals surface area contributed by atoms with Crippen LogP contribution >= 0.6 is 0 Å². The first-order chi connectivity index (χ1) is 10.2. The van der Waals surface area contributed by atoms with Gasteiger partial charge in [0.1, 0.15) is 0 Å². The summed E-state index contributed by atoms with van der Waals surface area (Å²) in [4.78, 5) is 27.9. The Labute approximate surface area is 123 Å². The van der Waals surface area contributed by atoms with Crippen molar-refractivity contribution in [1.82, 2.24) is 10.3 Å². The maximum Gasteiger partial charge on any atom is 0.307 e. The number of nitrogens with one attached hydrogen (secondary N) is 1. The van der Waals surface area contributed by atoms with Crippen LogP contribution in [-0.2, 0) is 16.1 Å². The molecular weight excluding hydrogens is 268 g/mol. The van der Waals surface area contributed by atoms with E-state index in [0.29, 0.717) is 6.54 Å². The number of amides is 1. The Bertz CT molecular complexity index is 570. The zero-order valence-corrected chi connectivity index (χ0v) is 11.6. The SMILES string of the molecule is O=C(O)[C@@H]1[C@H](C(=O)NCc2ccncc2)[C@H]2C=C[C@H]1CC2. The maximum atomic E-state index is 12.5. The number of carbonyl (C=O) groups excluding carboxylic acids is 1. The van der Waals surface area contributed by atoms with E-state index in [1.54, 1.807) is 12.4 Å². The van der Waals surface area contributed by atoms with Crippen LogP contribution in [0, 0.1) is 23.7 Å². The molecule has 3 aliphatic carbocycles. The van der Waals surface area contributed by atoms with Gasteiger partial charge in [0.25, 0.3) is 0 Å². The van der Waals surface area contributed by atoms with Crippen molar-refractivity contribution in [2.24, 2.45) is 23.7 Å². The summed E-state index contributed by atoms with van der Waals surface area (Å²) >= 11 is 0. The Kier molecular flexibility index (Phi) is 3.73. The molecule has 1 amide bonds. The van der Waals surface area contributed by atoms with E-state index < -0.39 is 17.8 Å². The molecule has 4 atom stereocenters. The summed E-state index contributed by atoms with van der Waals surface area (Å²) in [6, 6.07) is 3.67. The first-order valence-corrected chi connectivity index (χ1v) is 7.24. The third kappa shape index (κ3) is 2.68. The van der Waals surface area contributed by atoms with Crippen LogP contribution in [0.15, 0.2) is 36.7 Å². The molecule has 1 aromatic heterocycles. The first kappa shape index (κ1) is 13.8. The molecule has 0 aromatic carbocycles. The molecule has 2 bridgehead atoms. The minimum atomic E-state index is -0.863. The highest BCUT2D eigenvalue weighted by Gasteiger charge is 2.47. The first-order valence-electron chi connectivity index (χ1n) is 7.24. The van der Waals surface area contributed by atoms with Gasteiger partial charge >= 0.3 is 5.97 Å². The number of aromatic nitrogens is 1. The number of nitrogens with zero attached hydrogens (tertiary/aromatic N) is 1. The Morgan fingerprint density at radius 3 is 2.33 bits per heavy atom. The van der Waals surface area contributed by atoms with Gasteiger partial charge in [0.2, 0.25) is 5.91 Å². The van der Waals surface area contributed by atoms with E-state index in [1.165, 1.54) is 0 Å². The molecular formula is C16H18N2O3. The van der Waals surface area contributed by atoms with Crippen LogP contribution < -0.4 is 5.32 Å². The van der Waals surface area contributed by atoms with Gasteiger partial charge in [-0.15, -0.1) is 0 Å². The minimum Gasteiger partial charge on any atom is -0.481 e. The average Bonchev–Trinajstić information content (AvgIpc) is 2.53. The number of rotatable bonds is 4. The number of hydrogen-bond donors (Lipinski definition) is 2. The topological polar surface area (TPSA) is 79.3 Å². The fourth-order valence-corrected chi connectivity index (χ4v) is 3.50. The molecule has 0 aliphatic heterocycles. The number of carbonyl (C=O) groups is 2. The Morgan fingerprint density at radius 1 is 1.14 bits per heavy atom. The average molecular weight is 286 g/mol. The summed E-state index contributed by atoms with van der Waals surface area (Å²) < 4.78 is 0. The van der Waals surface area contributed by atoms with E-state index in [2.05, 4.69) is 10.3 Å². The van der Waals surface area contributed by atoms with Crippen molar-refractivity contribution in [3.8, 4) is 0 Å². The second kappa shape index (κ2) is 5.68. The summed E-state index contributed by atoms with van der Waals surface area (Å²) in [5.74, 6) is -2.02. The summed E-state index contributed by atoms with van der Waals surface area (Å²) in [5.41, 5.74) is 0.960. The number of aliphatic carboxylic acids is 1. The highest BCUT2D eigenvalue weighted by atomic mass is 16.4. The number of allylic oxidation sites excluding steroid dienone is 2. The maximum absolute atomic E-state index is 12.5. The number of pyridine rings is 1. The molecule has 5 heteroatoms. The molecule has 0 radical (unpaired) electrons. The van der Waals surface area contributed by atoms with Gasteiger partial charge in [-0.05, 0) is 42.4 Å². The fourth-order valence-electron chi connectivity index (χ4n) is 3.50. The highest BCUT2D eigenvalue weighted by molar-refractivity contribution is 5.86. The predicted octanol–water partition coefficient (Wildman–Crippen LogP) is 1.61. The molecule has 0 spiro atoms. The lowest BCUT2D eigenvalue weighted by molar-refractivity contribution is -0.153. The van der Waals surface area contributed by atoms with Gasteiger partial charge in [0, 0.05) is 18.9 Å². The van der Waals surface area contributed by atoms with E-state index in [9.17, 15) is 14.7 Å². The third-order valence-electron chi connectivity index (χ3n) is 4.55. The number of carboxylic acids is 1. The van der Waals surface area contributed by atoms with Gasteiger partial charge in [-0.1, -0.05) is 12.2 Å². The van der Waals surface area contributed by atoms with Crippen LogP contribution in [0.25, 0.3) is 0 Å². The molecule has 1 fully saturated rings. The normalized spacial score (nSPS) is 30.1. The van der Waals surface area contributed by atoms with Crippen molar-refractivity contribution in [2.45, 2.75) is 19.4 Å². The van der Waals surface area contributed by atoms with Crippen molar-refractivity contribution >= 4 is 11.9 Å². The Morgan fingerprint density at radius 2 is 1.76 bits per heavy atom. The number of hydrogen-bond acceptors (Lipinski definition) is 3. The minimum absolute atomic E-state index is 0.0100. The Balaban J connectivity index is 1.71. The summed E-state index contributed by atoms with van der Waals surface area (Å²) in [6.07, 6.45) is 9.11. The zero-order chi connectivity index (χ0) is 14.8. The number of carboxylic acid groups (broad SMARTS) is 1. The van der Waals surface area contributed by atoms with Gasteiger partial charge in [-0.25, -0.2) is 0 Å². The van der Waals surface area contributed by atoms with E-state index in [0.717, 1.165) is 18.4 Å². The number of fused-ring (bicyclic) bond motifs is 2. The van der Waals surface area contributed by atoms with Crippen molar-refractivity contribution in [2.75, 3.05) is 0 Å². The standard InChI is InChI=1S/C16H18N2O3/c19-15(18-9-10-5-7-17-8-6-10)13-11-1-3-12(4-2-11)14(13)16(20)21/h1,3,5-8,11-14H,2,4,9H2,(H,18,19)(H,20,21)/t11-,12-,13+,14-/m0/s1. The second-order valence-corrected chi connectivity index (χ2v) is 5.75. The molecule has 1 saturated carbocycles. The van der Waals surface area contributed by atoms with Gasteiger partial charge in [0.15, 0.2) is 0 Å². The quantitative estimate of drug-likeness (QED) is 0.824. The van der Waals surface area contributed by atoms with Crippen molar-refractivity contribution in [3.05, 3.63) is 42.2 Å². The van der Waals surface area contributed by atoms with Crippen LogP contribution in [0.1, 0.15) is 18.4 Å². The van der Waals surface area contributed by atoms with E-state index in [4.69, 9.17) is 0 Å². The van der Waals surface area contributed by atoms with Gasteiger partial charge in [0.05, 0.1) is 11.8 Å². The van der Waals surface area contributed by atoms with Crippen molar-refractivity contribution in [1.29, 1.82) is 0 Å². The van der Waals surface area contributed by atoms with Crippen LogP contribution in [0.5, 0.6) is 0 Å². The smallest absolute Gasteiger partial charge is 0.307 e. The highest BCUT2D eigenvalue weighted by Crippen LogP contribution is 2.45. The molecule has 21 heavy (non-hydrogen) atoms. The van der Waals surface area contributed by atoms with Gasteiger partial charge < -0.3 is 10.4 Å². The molecule has 110 valence electrons. The molecule has 1 heterocycles. The van der Waals surface area contributed by atoms with Crippen LogP contribution in [0.3, 0.4) is 0 Å². The van der Waals surface area contributed by atoms with Crippen LogP contribution in [-0.4, -0.2) is 22.0 Å². The third-order valence-corrected chi connectivity index (χ3v) is 4.55. The van der Waals surface area contributed by atoms with Crippen LogP contribution in [0.2, 0.25) is 0 Å². The fraction of sp³-hybridized carbons (Fsp3) is 0.438. The van der Waals surface area contributed by atoms with E-state index in [-0.39, 0.29) is 17.7 Å². The Hall–Kier alpha value is -2.17. The van der Waals surface area contributed by atoms with E-state index >= 15 is 0 Å². The zero-order valence-electron chi connectivity index (χ0n) is 11.6.